The molecule has 3 nitrogen and oxygen atoms in total. The minimum atomic E-state index is 0.740. The van der Waals surface area contributed by atoms with Crippen LogP contribution in [0.5, 0.6) is 0 Å². The Bertz CT molecular complexity index is 419. The van der Waals surface area contributed by atoms with Crippen molar-refractivity contribution >= 4 is 0 Å². The summed E-state index contributed by atoms with van der Waals surface area (Å²) in [6, 6.07) is 9.74. The number of rotatable bonds is 8. The number of hydrogen-bond acceptors (Lipinski definition) is 3. The lowest BCUT2D eigenvalue weighted by molar-refractivity contribution is 0.215. The van der Waals surface area contributed by atoms with Crippen LogP contribution in [0.25, 0.3) is 0 Å². The molecule has 1 unspecified atom stereocenters. The molecule has 0 aliphatic carbocycles. The fraction of sp³-hybridized carbons (Fsp3) is 0.667. The minimum Gasteiger partial charge on any atom is -0.313 e. The summed E-state index contributed by atoms with van der Waals surface area (Å²) in [4.78, 5) is 4.96. The van der Waals surface area contributed by atoms with Gasteiger partial charge in [-0.3, -0.25) is 0 Å². The SMILES string of the molecule is CCCNCc1cccc(CN(C)CC2CCCN2C)c1. The van der Waals surface area contributed by atoms with Gasteiger partial charge < -0.3 is 15.1 Å². The molecule has 0 aromatic heterocycles. The largest absolute Gasteiger partial charge is 0.313 e. The zero-order valence-electron chi connectivity index (χ0n) is 13.9. The van der Waals surface area contributed by atoms with Crippen molar-refractivity contribution in [3.05, 3.63) is 35.4 Å². The normalized spacial score (nSPS) is 19.5. The molecule has 1 aromatic carbocycles. The van der Waals surface area contributed by atoms with E-state index in [-0.39, 0.29) is 0 Å². The van der Waals surface area contributed by atoms with Crippen LogP contribution in [-0.4, -0.2) is 49.6 Å². The van der Waals surface area contributed by atoms with Crippen LogP contribution in [0.15, 0.2) is 24.3 Å². The highest BCUT2D eigenvalue weighted by Crippen LogP contribution is 2.16. The zero-order valence-corrected chi connectivity index (χ0v) is 13.9. The Morgan fingerprint density at radius 3 is 2.86 bits per heavy atom. The zero-order chi connectivity index (χ0) is 15.1. The maximum absolute atomic E-state index is 3.48. The molecular formula is C18H31N3. The van der Waals surface area contributed by atoms with Crippen LogP contribution in [0.1, 0.15) is 37.3 Å². The molecule has 1 fully saturated rings. The first-order chi connectivity index (χ1) is 10.2. The predicted octanol–water partition coefficient (Wildman–Crippen LogP) is 2.71. The minimum absolute atomic E-state index is 0.740. The van der Waals surface area contributed by atoms with E-state index in [1.54, 1.807) is 0 Å². The fourth-order valence-corrected chi connectivity index (χ4v) is 3.19. The lowest BCUT2D eigenvalue weighted by atomic mass is 10.1. The lowest BCUT2D eigenvalue weighted by Crippen LogP contribution is -2.36. The van der Waals surface area contributed by atoms with Gasteiger partial charge in [0.25, 0.3) is 0 Å². The summed E-state index contributed by atoms with van der Waals surface area (Å²) in [5.41, 5.74) is 2.82. The lowest BCUT2D eigenvalue weighted by Gasteiger charge is -2.26. The Balaban J connectivity index is 1.82. The second-order valence-electron chi connectivity index (χ2n) is 6.47. The molecule has 1 atom stereocenters. The molecule has 3 heteroatoms. The van der Waals surface area contributed by atoms with E-state index in [0.717, 1.165) is 25.7 Å². The maximum atomic E-state index is 3.48. The van der Waals surface area contributed by atoms with Gasteiger partial charge in [0, 0.05) is 25.7 Å². The van der Waals surface area contributed by atoms with E-state index in [1.807, 2.05) is 0 Å². The molecule has 2 rings (SSSR count). The van der Waals surface area contributed by atoms with Crippen LogP contribution in [0.2, 0.25) is 0 Å². The van der Waals surface area contributed by atoms with Crippen LogP contribution in [0.3, 0.4) is 0 Å². The molecule has 1 N–H and O–H groups in total. The van der Waals surface area contributed by atoms with Gasteiger partial charge in [0.05, 0.1) is 0 Å². The van der Waals surface area contributed by atoms with Gasteiger partial charge in [-0.15, -0.1) is 0 Å². The molecule has 118 valence electrons. The monoisotopic (exact) mass is 289 g/mol. The third-order valence-electron chi connectivity index (χ3n) is 4.39. The summed E-state index contributed by atoms with van der Waals surface area (Å²) in [6.07, 6.45) is 3.90. The number of benzene rings is 1. The Hall–Kier alpha value is -0.900. The third kappa shape index (κ3) is 5.42. The first-order valence-corrected chi connectivity index (χ1v) is 8.36. The highest BCUT2D eigenvalue weighted by Gasteiger charge is 2.21. The Labute approximate surface area is 130 Å². The van der Waals surface area contributed by atoms with Gasteiger partial charge in [0.1, 0.15) is 0 Å². The summed E-state index contributed by atoms with van der Waals surface area (Å²) in [5.74, 6) is 0. The molecule has 1 aromatic rings. The molecule has 1 heterocycles. The standard InChI is InChI=1S/C18H31N3/c1-4-10-19-13-16-7-5-8-17(12-16)14-20(2)15-18-9-6-11-21(18)3/h5,7-8,12,18-19H,4,6,9-11,13-15H2,1-3H3. The van der Waals surface area contributed by atoms with Crippen molar-refractivity contribution in [2.75, 3.05) is 33.7 Å². The van der Waals surface area contributed by atoms with Crippen molar-refractivity contribution in [1.29, 1.82) is 0 Å². The number of nitrogens with zero attached hydrogens (tertiary/aromatic N) is 2. The molecule has 0 bridgehead atoms. The van der Waals surface area contributed by atoms with Crippen molar-refractivity contribution in [3.63, 3.8) is 0 Å². The molecule has 1 aliphatic rings. The Kier molecular flexibility index (Phi) is 6.68. The fourth-order valence-electron chi connectivity index (χ4n) is 3.19. The van der Waals surface area contributed by atoms with Crippen LogP contribution >= 0.6 is 0 Å². The van der Waals surface area contributed by atoms with Crippen molar-refractivity contribution in [3.8, 4) is 0 Å². The molecule has 0 amide bonds. The first-order valence-electron chi connectivity index (χ1n) is 8.36. The van der Waals surface area contributed by atoms with Crippen molar-refractivity contribution in [2.24, 2.45) is 0 Å². The topological polar surface area (TPSA) is 18.5 Å². The van der Waals surface area contributed by atoms with Crippen LogP contribution < -0.4 is 5.32 Å². The van der Waals surface area contributed by atoms with Gasteiger partial charge in [-0.05, 0) is 57.6 Å². The number of likely N-dealkylation sites (N-methyl/N-ethyl adjacent to an activating group) is 2. The average Bonchev–Trinajstić information content (AvgIpc) is 2.85. The highest BCUT2D eigenvalue weighted by molar-refractivity contribution is 5.23. The van der Waals surface area contributed by atoms with Crippen molar-refractivity contribution < 1.29 is 0 Å². The van der Waals surface area contributed by atoms with Gasteiger partial charge in [-0.2, -0.15) is 0 Å². The van der Waals surface area contributed by atoms with E-state index in [0.29, 0.717) is 0 Å². The van der Waals surface area contributed by atoms with E-state index in [1.165, 1.54) is 43.5 Å². The molecule has 1 saturated heterocycles. The quantitative estimate of drug-likeness (QED) is 0.742. The Morgan fingerprint density at radius 1 is 1.33 bits per heavy atom. The molecule has 0 radical (unpaired) electrons. The number of nitrogens with one attached hydrogen (secondary N) is 1. The summed E-state index contributed by atoms with van der Waals surface area (Å²) in [6.45, 7) is 7.77. The number of likely N-dealkylation sites (tertiary alicyclic amines) is 1. The van der Waals surface area contributed by atoms with E-state index in [4.69, 9.17) is 0 Å². The molecule has 0 spiro atoms. The van der Waals surface area contributed by atoms with Crippen LogP contribution in [0, 0.1) is 0 Å². The van der Waals surface area contributed by atoms with E-state index in [9.17, 15) is 0 Å². The molecule has 21 heavy (non-hydrogen) atoms. The second-order valence-corrected chi connectivity index (χ2v) is 6.47. The van der Waals surface area contributed by atoms with Gasteiger partial charge in [0.15, 0.2) is 0 Å². The first kappa shape index (κ1) is 16.5. The second kappa shape index (κ2) is 8.52. The van der Waals surface area contributed by atoms with E-state index < -0.39 is 0 Å². The number of hydrogen-bond donors (Lipinski definition) is 1. The Morgan fingerprint density at radius 2 is 2.14 bits per heavy atom. The van der Waals surface area contributed by atoms with E-state index >= 15 is 0 Å². The highest BCUT2D eigenvalue weighted by atomic mass is 15.2. The van der Waals surface area contributed by atoms with Gasteiger partial charge in [-0.25, -0.2) is 0 Å². The van der Waals surface area contributed by atoms with Gasteiger partial charge >= 0.3 is 0 Å². The van der Waals surface area contributed by atoms with Crippen molar-refractivity contribution in [1.82, 2.24) is 15.1 Å². The average molecular weight is 289 g/mol. The smallest absolute Gasteiger partial charge is 0.0231 e. The summed E-state index contributed by atoms with van der Waals surface area (Å²) < 4.78 is 0. The maximum Gasteiger partial charge on any atom is 0.0231 e. The molecule has 0 saturated carbocycles. The van der Waals surface area contributed by atoms with Crippen molar-refractivity contribution in [2.45, 2.75) is 45.3 Å². The summed E-state index contributed by atoms with van der Waals surface area (Å²) in [7, 11) is 4.50. The summed E-state index contributed by atoms with van der Waals surface area (Å²) >= 11 is 0. The predicted molar refractivity (Wildman–Crippen MR) is 90.4 cm³/mol. The van der Waals surface area contributed by atoms with E-state index in [2.05, 4.69) is 60.4 Å². The van der Waals surface area contributed by atoms with Crippen LogP contribution in [-0.2, 0) is 13.1 Å². The van der Waals surface area contributed by atoms with Gasteiger partial charge in [-0.1, -0.05) is 31.2 Å². The molecule has 1 aliphatic heterocycles. The molecular weight excluding hydrogens is 258 g/mol. The summed E-state index contributed by atoms with van der Waals surface area (Å²) in [5, 5.41) is 3.48. The van der Waals surface area contributed by atoms with Crippen LogP contribution in [0.4, 0.5) is 0 Å². The third-order valence-corrected chi connectivity index (χ3v) is 4.39. The van der Waals surface area contributed by atoms with Gasteiger partial charge in [0.2, 0.25) is 0 Å².